The summed E-state index contributed by atoms with van der Waals surface area (Å²) < 4.78 is 0.170. The van der Waals surface area contributed by atoms with Gasteiger partial charge in [0, 0.05) is 0 Å². The zero-order valence-electron chi connectivity index (χ0n) is 12.5. The minimum Gasteiger partial charge on any atom is -0.304 e. The molecule has 1 aliphatic heterocycles. The van der Waals surface area contributed by atoms with Gasteiger partial charge in [0.05, 0.1) is 10.8 Å². The molecule has 0 saturated carbocycles. The van der Waals surface area contributed by atoms with Gasteiger partial charge in [0.15, 0.2) is 0 Å². The van der Waals surface area contributed by atoms with Crippen LogP contribution in [0.2, 0.25) is 0 Å². The maximum atomic E-state index is 4.51. The largest absolute Gasteiger partial charge is 0.304 e. The van der Waals surface area contributed by atoms with Gasteiger partial charge in [-0.15, -0.1) is 22.0 Å². The predicted molar refractivity (Wildman–Crippen MR) is 90.9 cm³/mol. The van der Waals surface area contributed by atoms with Crippen molar-refractivity contribution in [1.29, 1.82) is 0 Å². The molecule has 5 heteroatoms. The molecule has 1 aromatic heterocycles. The predicted octanol–water partition coefficient (Wildman–Crippen LogP) is 3.98. The van der Waals surface area contributed by atoms with Gasteiger partial charge in [-0.25, -0.2) is 0 Å². The first kappa shape index (κ1) is 15.0. The molecule has 2 atom stereocenters. The van der Waals surface area contributed by atoms with Gasteiger partial charge in [-0.1, -0.05) is 48.6 Å². The second-order valence-electron chi connectivity index (χ2n) is 5.53. The van der Waals surface area contributed by atoms with Crippen LogP contribution in [0.5, 0.6) is 0 Å². The summed E-state index contributed by atoms with van der Waals surface area (Å²) >= 11 is 3.79. The number of aromatic nitrogens is 2. The van der Waals surface area contributed by atoms with Crippen molar-refractivity contribution >= 4 is 23.1 Å². The molecule has 0 aliphatic carbocycles. The maximum Gasteiger partial charge on any atom is 0.139 e. The van der Waals surface area contributed by atoms with Crippen LogP contribution in [0.1, 0.15) is 48.3 Å². The van der Waals surface area contributed by atoms with Crippen molar-refractivity contribution in [2.45, 2.75) is 37.5 Å². The average molecular weight is 319 g/mol. The number of nitrogens with zero attached hydrogens (tertiary/aromatic N) is 2. The van der Waals surface area contributed by atoms with Crippen molar-refractivity contribution in [3.8, 4) is 0 Å². The van der Waals surface area contributed by atoms with Crippen molar-refractivity contribution in [2.24, 2.45) is 0 Å². The van der Waals surface area contributed by atoms with E-state index in [0.29, 0.717) is 0 Å². The summed E-state index contributed by atoms with van der Waals surface area (Å²) in [4.78, 5) is 0. The first-order valence-electron chi connectivity index (χ1n) is 7.49. The SMILES string of the molecule is CCNC(c1ccccc1)c1nnc(C2(C)CCCS2)s1. The standard InChI is InChI=1S/C16H21N3S2/c1-3-17-13(12-8-5-4-6-9-12)14-18-19-15(21-14)16(2)10-7-11-20-16/h4-6,8-9,13,17H,3,7,10-11H2,1-2H3. The van der Waals surface area contributed by atoms with Gasteiger partial charge in [-0.2, -0.15) is 0 Å². The number of thioether (sulfide) groups is 1. The van der Waals surface area contributed by atoms with Gasteiger partial charge in [-0.05, 0) is 37.6 Å². The van der Waals surface area contributed by atoms with E-state index in [1.807, 2.05) is 17.8 Å². The van der Waals surface area contributed by atoms with Gasteiger partial charge in [0.1, 0.15) is 10.0 Å². The molecule has 2 heterocycles. The third kappa shape index (κ3) is 3.15. The minimum absolute atomic E-state index is 0.150. The Kier molecular flexibility index (Phi) is 4.62. The number of benzene rings is 1. The molecule has 21 heavy (non-hydrogen) atoms. The third-order valence-electron chi connectivity index (χ3n) is 3.90. The average Bonchev–Trinajstić information content (AvgIpc) is 3.16. The fourth-order valence-corrected chi connectivity index (χ4v) is 5.22. The van der Waals surface area contributed by atoms with Gasteiger partial charge < -0.3 is 5.32 Å². The molecule has 0 radical (unpaired) electrons. The molecule has 1 aliphatic rings. The van der Waals surface area contributed by atoms with E-state index in [2.05, 4.69) is 53.6 Å². The van der Waals surface area contributed by atoms with E-state index >= 15 is 0 Å². The Hall–Kier alpha value is -0.910. The van der Waals surface area contributed by atoms with E-state index in [4.69, 9.17) is 0 Å². The van der Waals surface area contributed by atoms with Crippen LogP contribution in [0.25, 0.3) is 0 Å². The highest BCUT2D eigenvalue weighted by molar-refractivity contribution is 8.00. The normalized spacial score (nSPS) is 23.3. The summed E-state index contributed by atoms with van der Waals surface area (Å²) in [6, 6.07) is 10.7. The highest BCUT2D eigenvalue weighted by Gasteiger charge is 2.35. The second-order valence-corrected chi connectivity index (χ2v) is 8.14. The molecule has 0 spiro atoms. The molecule has 1 aromatic carbocycles. The van der Waals surface area contributed by atoms with Crippen molar-refractivity contribution in [1.82, 2.24) is 15.5 Å². The molecule has 0 bridgehead atoms. The van der Waals surface area contributed by atoms with E-state index in [1.54, 1.807) is 11.3 Å². The van der Waals surface area contributed by atoms with Gasteiger partial charge in [0.2, 0.25) is 0 Å². The fourth-order valence-electron chi connectivity index (χ4n) is 2.71. The summed E-state index contributed by atoms with van der Waals surface area (Å²) in [5.41, 5.74) is 1.26. The molecular weight excluding hydrogens is 298 g/mol. The first-order chi connectivity index (χ1) is 10.2. The lowest BCUT2D eigenvalue weighted by molar-refractivity contribution is 0.614. The summed E-state index contributed by atoms with van der Waals surface area (Å²) in [7, 11) is 0. The Balaban J connectivity index is 1.89. The topological polar surface area (TPSA) is 37.8 Å². The Morgan fingerprint density at radius 1 is 1.29 bits per heavy atom. The van der Waals surface area contributed by atoms with E-state index in [0.717, 1.165) is 11.6 Å². The smallest absolute Gasteiger partial charge is 0.139 e. The monoisotopic (exact) mass is 319 g/mol. The summed E-state index contributed by atoms with van der Waals surface area (Å²) in [6.07, 6.45) is 2.49. The van der Waals surface area contributed by atoms with Crippen LogP contribution < -0.4 is 5.32 Å². The zero-order valence-corrected chi connectivity index (χ0v) is 14.1. The lowest BCUT2D eigenvalue weighted by atomic mass is 10.1. The quantitative estimate of drug-likeness (QED) is 0.904. The summed E-state index contributed by atoms with van der Waals surface area (Å²) in [5, 5.41) is 14.8. The molecule has 2 unspecified atom stereocenters. The lowest BCUT2D eigenvalue weighted by Gasteiger charge is -2.18. The number of nitrogens with one attached hydrogen (secondary N) is 1. The van der Waals surface area contributed by atoms with Crippen LogP contribution in [0.4, 0.5) is 0 Å². The van der Waals surface area contributed by atoms with Gasteiger partial charge in [0.25, 0.3) is 0 Å². The van der Waals surface area contributed by atoms with Crippen LogP contribution in [0.3, 0.4) is 0 Å². The van der Waals surface area contributed by atoms with E-state index < -0.39 is 0 Å². The van der Waals surface area contributed by atoms with Crippen LogP contribution >= 0.6 is 23.1 Å². The Morgan fingerprint density at radius 3 is 2.76 bits per heavy atom. The van der Waals surface area contributed by atoms with Crippen LogP contribution in [-0.4, -0.2) is 22.5 Å². The van der Waals surface area contributed by atoms with Crippen molar-refractivity contribution in [3.63, 3.8) is 0 Å². The number of hydrogen-bond acceptors (Lipinski definition) is 5. The Labute approximate surface area is 134 Å². The van der Waals surface area contributed by atoms with Crippen molar-refractivity contribution in [2.75, 3.05) is 12.3 Å². The van der Waals surface area contributed by atoms with E-state index in [-0.39, 0.29) is 10.8 Å². The molecule has 1 N–H and O–H groups in total. The zero-order chi connectivity index (χ0) is 14.7. The summed E-state index contributed by atoms with van der Waals surface area (Å²) in [6.45, 7) is 5.35. The highest BCUT2D eigenvalue weighted by Crippen LogP contribution is 2.47. The fraction of sp³-hybridized carbons (Fsp3) is 0.500. The van der Waals surface area contributed by atoms with E-state index in [9.17, 15) is 0 Å². The van der Waals surface area contributed by atoms with Crippen molar-refractivity contribution in [3.05, 3.63) is 45.9 Å². The van der Waals surface area contributed by atoms with Crippen LogP contribution in [0.15, 0.2) is 30.3 Å². The Morgan fingerprint density at radius 2 is 2.10 bits per heavy atom. The molecule has 112 valence electrons. The third-order valence-corrected chi connectivity index (χ3v) is 6.81. The van der Waals surface area contributed by atoms with Crippen LogP contribution in [0, 0.1) is 0 Å². The lowest BCUT2D eigenvalue weighted by Crippen LogP contribution is -2.21. The minimum atomic E-state index is 0.150. The summed E-state index contributed by atoms with van der Waals surface area (Å²) in [5.74, 6) is 1.24. The Bertz CT molecular complexity index is 576. The highest BCUT2D eigenvalue weighted by atomic mass is 32.2. The van der Waals surface area contributed by atoms with Crippen LogP contribution in [-0.2, 0) is 4.75 Å². The van der Waals surface area contributed by atoms with Gasteiger partial charge >= 0.3 is 0 Å². The molecule has 2 aromatic rings. The number of hydrogen-bond donors (Lipinski definition) is 1. The maximum absolute atomic E-state index is 4.51. The second kappa shape index (κ2) is 6.46. The van der Waals surface area contributed by atoms with Gasteiger partial charge in [-0.3, -0.25) is 0 Å². The number of rotatable bonds is 5. The molecule has 3 rings (SSSR count). The first-order valence-corrected chi connectivity index (χ1v) is 9.29. The molecule has 0 amide bonds. The van der Waals surface area contributed by atoms with E-state index in [1.165, 1.54) is 29.2 Å². The molecule has 1 saturated heterocycles. The molecule has 3 nitrogen and oxygen atoms in total. The van der Waals surface area contributed by atoms with Crippen molar-refractivity contribution < 1.29 is 0 Å². The molecule has 1 fully saturated rings. The molecular formula is C16H21N3S2.